The molecule has 8 heteroatoms. The Bertz CT molecular complexity index is 614. The number of anilines is 1. The zero-order chi connectivity index (χ0) is 14.5. The van der Waals surface area contributed by atoms with Crippen LogP contribution in [0.2, 0.25) is 5.02 Å². The highest BCUT2D eigenvalue weighted by molar-refractivity contribution is 6.32. The van der Waals surface area contributed by atoms with Crippen LogP contribution in [0.1, 0.15) is 24.2 Å². The van der Waals surface area contributed by atoms with Crippen LogP contribution >= 0.6 is 11.6 Å². The summed E-state index contributed by atoms with van der Waals surface area (Å²) in [7, 11) is 0. The highest BCUT2D eigenvalue weighted by atomic mass is 35.5. The van der Waals surface area contributed by atoms with Gasteiger partial charge >= 0.3 is 5.97 Å². The third kappa shape index (κ3) is 3.05. The molecule has 0 aliphatic carbocycles. The number of halogens is 1. The van der Waals surface area contributed by atoms with E-state index in [4.69, 9.17) is 16.3 Å². The van der Waals surface area contributed by atoms with Crippen molar-refractivity contribution in [1.29, 1.82) is 0 Å². The van der Waals surface area contributed by atoms with Gasteiger partial charge in [0.15, 0.2) is 5.82 Å². The van der Waals surface area contributed by atoms with Gasteiger partial charge in [0.25, 0.3) is 0 Å². The number of nitrogens with zero attached hydrogens (tertiary/aromatic N) is 4. The van der Waals surface area contributed by atoms with Crippen LogP contribution in [0.5, 0.6) is 0 Å². The van der Waals surface area contributed by atoms with E-state index in [9.17, 15) is 4.79 Å². The molecule has 2 aromatic heterocycles. The van der Waals surface area contributed by atoms with E-state index >= 15 is 0 Å². The van der Waals surface area contributed by atoms with E-state index in [2.05, 4.69) is 20.4 Å². The first-order valence-electron chi connectivity index (χ1n) is 6.14. The molecule has 20 heavy (non-hydrogen) atoms. The minimum atomic E-state index is -0.434. The number of rotatable bonds is 5. The third-order valence-electron chi connectivity index (χ3n) is 2.37. The minimum Gasteiger partial charge on any atom is -0.462 e. The molecule has 0 saturated carbocycles. The van der Waals surface area contributed by atoms with Crippen LogP contribution in [0.25, 0.3) is 5.82 Å². The predicted molar refractivity (Wildman–Crippen MR) is 74.3 cm³/mol. The summed E-state index contributed by atoms with van der Waals surface area (Å²) in [5, 5.41) is 7.38. The van der Waals surface area contributed by atoms with Gasteiger partial charge in [-0.1, -0.05) is 11.6 Å². The lowest BCUT2D eigenvalue weighted by atomic mass is 10.4. The molecule has 0 unspecified atom stereocenters. The largest absolute Gasteiger partial charge is 0.462 e. The normalized spacial score (nSPS) is 10.3. The van der Waals surface area contributed by atoms with Gasteiger partial charge in [-0.2, -0.15) is 10.1 Å². The predicted octanol–water partition coefficient (Wildman–Crippen LogP) is 1.92. The fourth-order valence-electron chi connectivity index (χ4n) is 1.52. The minimum absolute atomic E-state index is 0.308. The molecule has 0 amide bonds. The maximum absolute atomic E-state index is 11.6. The number of esters is 1. The molecule has 0 spiro atoms. The van der Waals surface area contributed by atoms with Crippen molar-refractivity contribution in [3.05, 3.63) is 29.2 Å². The molecule has 0 aliphatic heterocycles. The van der Waals surface area contributed by atoms with Crippen molar-refractivity contribution < 1.29 is 9.53 Å². The topological polar surface area (TPSA) is 81.9 Å². The quantitative estimate of drug-likeness (QED) is 0.849. The number of carbonyl (C=O) groups excluding carboxylic acids is 1. The molecule has 0 fully saturated rings. The van der Waals surface area contributed by atoms with Gasteiger partial charge in [0.2, 0.25) is 5.95 Å². The van der Waals surface area contributed by atoms with Crippen molar-refractivity contribution in [2.45, 2.75) is 13.8 Å². The second-order valence-corrected chi connectivity index (χ2v) is 4.20. The Morgan fingerprint density at radius 3 is 2.95 bits per heavy atom. The summed E-state index contributed by atoms with van der Waals surface area (Å²) in [6.45, 7) is 4.67. The van der Waals surface area contributed by atoms with Gasteiger partial charge in [0.1, 0.15) is 5.02 Å². The van der Waals surface area contributed by atoms with Gasteiger partial charge in [-0.05, 0) is 13.8 Å². The lowest BCUT2D eigenvalue weighted by Crippen LogP contribution is -2.07. The van der Waals surface area contributed by atoms with E-state index in [0.29, 0.717) is 35.5 Å². The van der Waals surface area contributed by atoms with E-state index < -0.39 is 5.97 Å². The van der Waals surface area contributed by atoms with Crippen molar-refractivity contribution in [2.75, 3.05) is 18.5 Å². The van der Waals surface area contributed by atoms with Crippen LogP contribution in [-0.2, 0) is 4.74 Å². The zero-order valence-corrected chi connectivity index (χ0v) is 11.9. The summed E-state index contributed by atoms with van der Waals surface area (Å²) in [4.78, 5) is 19.9. The van der Waals surface area contributed by atoms with Gasteiger partial charge in [-0.25, -0.2) is 14.5 Å². The lowest BCUT2D eigenvalue weighted by molar-refractivity contribution is 0.0526. The van der Waals surface area contributed by atoms with Gasteiger partial charge in [0.05, 0.1) is 24.6 Å². The van der Waals surface area contributed by atoms with Crippen LogP contribution in [0.3, 0.4) is 0 Å². The molecule has 2 rings (SSSR count). The summed E-state index contributed by atoms with van der Waals surface area (Å²) in [6, 6.07) is 0. The third-order valence-corrected chi connectivity index (χ3v) is 2.64. The van der Waals surface area contributed by atoms with Gasteiger partial charge in [-0.3, -0.25) is 0 Å². The van der Waals surface area contributed by atoms with Crippen molar-refractivity contribution in [2.24, 2.45) is 0 Å². The average Bonchev–Trinajstić information content (AvgIpc) is 2.91. The Kier molecular flexibility index (Phi) is 4.52. The Hall–Kier alpha value is -2.15. The summed E-state index contributed by atoms with van der Waals surface area (Å²) in [6.07, 6.45) is 4.40. The Morgan fingerprint density at radius 1 is 1.45 bits per heavy atom. The summed E-state index contributed by atoms with van der Waals surface area (Å²) in [5.74, 6) is 0.407. The smallest absolute Gasteiger partial charge is 0.341 e. The molecule has 0 radical (unpaired) electrons. The fourth-order valence-corrected chi connectivity index (χ4v) is 1.70. The number of carbonyl (C=O) groups is 1. The number of ether oxygens (including phenoxy) is 1. The highest BCUT2D eigenvalue weighted by Gasteiger charge is 2.13. The Labute approximate surface area is 120 Å². The zero-order valence-electron chi connectivity index (χ0n) is 11.1. The number of nitrogens with one attached hydrogen (secondary N) is 1. The molecule has 0 aromatic carbocycles. The van der Waals surface area contributed by atoms with E-state index in [1.807, 2.05) is 6.92 Å². The molecule has 2 heterocycles. The lowest BCUT2D eigenvalue weighted by Gasteiger charge is -2.06. The van der Waals surface area contributed by atoms with Crippen LogP contribution in [-0.4, -0.2) is 38.9 Å². The van der Waals surface area contributed by atoms with Crippen molar-refractivity contribution in [1.82, 2.24) is 19.7 Å². The first-order valence-corrected chi connectivity index (χ1v) is 6.52. The Morgan fingerprint density at radius 2 is 2.25 bits per heavy atom. The van der Waals surface area contributed by atoms with Crippen molar-refractivity contribution in [3.63, 3.8) is 0 Å². The average molecular weight is 296 g/mol. The maximum atomic E-state index is 11.6. The SMILES string of the molecule is CCNc1ncc(Cl)c(-n2cc(C(=O)OCC)cn2)n1. The molecule has 0 aliphatic rings. The van der Waals surface area contributed by atoms with Crippen LogP contribution in [0.15, 0.2) is 18.6 Å². The van der Waals surface area contributed by atoms with Crippen LogP contribution in [0.4, 0.5) is 5.95 Å². The number of hydrogen-bond donors (Lipinski definition) is 1. The van der Waals surface area contributed by atoms with Crippen molar-refractivity contribution in [3.8, 4) is 5.82 Å². The first-order chi connectivity index (χ1) is 9.65. The van der Waals surface area contributed by atoms with E-state index in [1.54, 1.807) is 6.92 Å². The number of hydrogen-bond acceptors (Lipinski definition) is 6. The molecule has 7 nitrogen and oxygen atoms in total. The fraction of sp³-hybridized carbons (Fsp3) is 0.333. The monoisotopic (exact) mass is 295 g/mol. The second kappa shape index (κ2) is 6.33. The highest BCUT2D eigenvalue weighted by Crippen LogP contribution is 2.18. The molecule has 0 bridgehead atoms. The molecule has 0 atom stereocenters. The molecular weight excluding hydrogens is 282 g/mol. The molecule has 0 saturated heterocycles. The van der Waals surface area contributed by atoms with E-state index in [0.717, 1.165) is 0 Å². The van der Waals surface area contributed by atoms with Crippen LogP contribution in [0, 0.1) is 0 Å². The summed E-state index contributed by atoms with van der Waals surface area (Å²) >= 11 is 6.05. The maximum Gasteiger partial charge on any atom is 0.341 e. The van der Waals surface area contributed by atoms with Gasteiger partial charge < -0.3 is 10.1 Å². The standard InChI is InChI=1S/C12H14ClN5O2/c1-3-14-12-15-6-9(13)10(17-12)18-7-8(5-16-18)11(19)20-4-2/h5-7H,3-4H2,1-2H3,(H,14,15,17). The summed E-state index contributed by atoms with van der Waals surface area (Å²) in [5.41, 5.74) is 0.339. The van der Waals surface area contributed by atoms with E-state index in [1.165, 1.54) is 23.3 Å². The first kappa shape index (κ1) is 14.3. The van der Waals surface area contributed by atoms with Crippen LogP contribution < -0.4 is 5.32 Å². The molecule has 106 valence electrons. The van der Waals surface area contributed by atoms with E-state index in [-0.39, 0.29) is 0 Å². The van der Waals surface area contributed by atoms with Crippen molar-refractivity contribution >= 4 is 23.5 Å². The van der Waals surface area contributed by atoms with Gasteiger partial charge in [-0.15, -0.1) is 0 Å². The molecular formula is C12H14ClN5O2. The number of aromatic nitrogens is 4. The molecule has 1 N–H and O–H groups in total. The molecule has 2 aromatic rings. The second-order valence-electron chi connectivity index (χ2n) is 3.79. The Balaban J connectivity index is 2.31. The van der Waals surface area contributed by atoms with Gasteiger partial charge in [0, 0.05) is 12.7 Å². The summed E-state index contributed by atoms with van der Waals surface area (Å²) < 4.78 is 6.31.